The number of Topliss-reactive ketones (excluding diaryl/α,β-unsaturated/α-hetero) is 1. The third-order valence-corrected chi connectivity index (χ3v) is 10.9. The Balaban J connectivity index is 1.61. The molecule has 0 aliphatic heterocycles. The number of esters is 2. The highest BCUT2D eigenvalue weighted by Crippen LogP contribution is 2.68. The molecule has 186 valence electrons. The Kier molecular flexibility index (Phi) is 6.74. The van der Waals surface area contributed by atoms with E-state index in [9.17, 15) is 14.4 Å². The summed E-state index contributed by atoms with van der Waals surface area (Å²) in [5.74, 6) is 2.31. The predicted molar refractivity (Wildman–Crippen MR) is 126 cm³/mol. The number of hydrogen-bond donors (Lipinski definition) is 0. The quantitative estimate of drug-likeness (QED) is 0.500. The average Bonchev–Trinajstić information content (AvgIpc) is 3.11. The number of ether oxygens (including phenoxy) is 2. The Morgan fingerprint density at radius 1 is 1.03 bits per heavy atom. The summed E-state index contributed by atoms with van der Waals surface area (Å²) in [6.45, 7) is 10.7. The van der Waals surface area contributed by atoms with Gasteiger partial charge in [0, 0.05) is 25.2 Å². The summed E-state index contributed by atoms with van der Waals surface area (Å²) < 4.78 is 10.6. The maximum atomic E-state index is 14.1. The summed E-state index contributed by atoms with van der Waals surface area (Å²) in [4.78, 5) is 37.7. The molecule has 4 rings (SSSR count). The van der Waals surface area contributed by atoms with E-state index in [2.05, 4.69) is 27.7 Å². The standard InChI is InChI=1S/C28H44O5/c1-7-19-23-15-18(33-17(3)29)10-12-28(23,5)22-11-13-27(4)20(16(2)14-24(30)32-6)8-9-21(27)25(22)26(19)31/h16,18-23,25H,7-15H2,1-6H3. The topological polar surface area (TPSA) is 69.7 Å². The van der Waals surface area contributed by atoms with Crippen molar-refractivity contribution in [3.8, 4) is 0 Å². The van der Waals surface area contributed by atoms with Gasteiger partial charge in [-0.05, 0) is 91.8 Å². The number of carbonyl (C=O) groups is 3. The smallest absolute Gasteiger partial charge is 0.305 e. The van der Waals surface area contributed by atoms with E-state index in [1.54, 1.807) is 0 Å². The molecule has 0 heterocycles. The SMILES string of the molecule is CCC1C(=O)C2C3CCC(C(C)CC(=O)OC)C3(C)CCC2C2(C)CCC(OC(C)=O)CC12. The highest BCUT2D eigenvalue weighted by Gasteiger charge is 2.65. The largest absolute Gasteiger partial charge is 0.469 e. The number of carbonyl (C=O) groups excluding carboxylic acids is 3. The molecular weight excluding hydrogens is 416 g/mol. The van der Waals surface area contributed by atoms with Gasteiger partial charge in [-0.2, -0.15) is 0 Å². The molecule has 0 bridgehead atoms. The molecule has 0 aromatic carbocycles. The van der Waals surface area contributed by atoms with E-state index in [1.807, 2.05) is 0 Å². The van der Waals surface area contributed by atoms with Crippen LogP contribution in [0.25, 0.3) is 0 Å². The van der Waals surface area contributed by atoms with Crippen LogP contribution in [0.4, 0.5) is 0 Å². The zero-order valence-electron chi connectivity index (χ0n) is 21.5. The molecule has 5 heteroatoms. The van der Waals surface area contributed by atoms with E-state index in [0.29, 0.717) is 35.9 Å². The second-order valence-corrected chi connectivity index (χ2v) is 12.3. The van der Waals surface area contributed by atoms with Gasteiger partial charge in [-0.3, -0.25) is 14.4 Å². The normalized spacial score (nSPS) is 45.4. The summed E-state index contributed by atoms with van der Waals surface area (Å²) in [5, 5.41) is 0. The van der Waals surface area contributed by atoms with E-state index in [0.717, 1.165) is 51.4 Å². The first-order valence-corrected chi connectivity index (χ1v) is 13.3. The van der Waals surface area contributed by atoms with Gasteiger partial charge in [0.15, 0.2) is 0 Å². The molecule has 10 atom stereocenters. The van der Waals surface area contributed by atoms with Crippen LogP contribution < -0.4 is 0 Å². The van der Waals surface area contributed by atoms with Gasteiger partial charge in [-0.1, -0.05) is 27.7 Å². The molecule has 4 aliphatic rings. The maximum absolute atomic E-state index is 14.1. The van der Waals surface area contributed by atoms with Crippen molar-refractivity contribution in [2.24, 2.45) is 52.3 Å². The summed E-state index contributed by atoms with van der Waals surface area (Å²) in [7, 11) is 1.47. The molecule has 0 radical (unpaired) electrons. The van der Waals surface area contributed by atoms with Crippen molar-refractivity contribution in [2.45, 2.75) is 98.5 Å². The van der Waals surface area contributed by atoms with Crippen molar-refractivity contribution < 1.29 is 23.9 Å². The van der Waals surface area contributed by atoms with Crippen molar-refractivity contribution in [2.75, 3.05) is 7.11 Å². The molecule has 33 heavy (non-hydrogen) atoms. The molecule has 0 spiro atoms. The van der Waals surface area contributed by atoms with Gasteiger partial charge in [-0.15, -0.1) is 0 Å². The van der Waals surface area contributed by atoms with Crippen molar-refractivity contribution in [1.82, 2.24) is 0 Å². The van der Waals surface area contributed by atoms with Crippen LogP contribution in [0, 0.1) is 52.3 Å². The van der Waals surface area contributed by atoms with Crippen LogP contribution in [0.5, 0.6) is 0 Å². The molecule has 0 saturated heterocycles. The van der Waals surface area contributed by atoms with Gasteiger partial charge in [0.05, 0.1) is 7.11 Å². The first-order chi connectivity index (χ1) is 15.6. The Morgan fingerprint density at radius 3 is 2.33 bits per heavy atom. The molecule has 0 aromatic heterocycles. The maximum Gasteiger partial charge on any atom is 0.305 e. The summed E-state index contributed by atoms with van der Waals surface area (Å²) >= 11 is 0. The van der Waals surface area contributed by atoms with E-state index < -0.39 is 0 Å². The second-order valence-electron chi connectivity index (χ2n) is 12.3. The molecule has 0 amide bonds. The van der Waals surface area contributed by atoms with Crippen LogP contribution in [0.15, 0.2) is 0 Å². The molecule has 5 nitrogen and oxygen atoms in total. The zero-order chi connectivity index (χ0) is 24.1. The third kappa shape index (κ3) is 3.95. The fraction of sp³-hybridized carbons (Fsp3) is 0.893. The van der Waals surface area contributed by atoms with Gasteiger partial charge < -0.3 is 9.47 Å². The highest BCUT2D eigenvalue weighted by molar-refractivity contribution is 5.86. The Hall–Kier alpha value is -1.39. The molecule has 4 fully saturated rings. The van der Waals surface area contributed by atoms with E-state index in [-0.39, 0.29) is 46.6 Å². The lowest BCUT2D eigenvalue weighted by Crippen LogP contribution is -2.60. The van der Waals surface area contributed by atoms with E-state index in [1.165, 1.54) is 14.0 Å². The van der Waals surface area contributed by atoms with Gasteiger partial charge in [0.25, 0.3) is 0 Å². The number of hydrogen-bond acceptors (Lipinski definition) is 5. The van der Waals surface area contributed by atoms with Crippen LogP contribution >= 0.6 is 0 Å². The van der Waals surface area contributed by atoms with Crippen LogP contribution in [0.1, 0.15) is 92.4 Å². The predicted octanol–water partition coefficient (Wildman–Crippen LogP) is 5.59. The number of methoxy groups -OCH3 is 1. The number of fused-ring (bicyclic) bond motifs is 5. The van der Waals surface area contributed by atoms with Crippen LogP contribution in [-0.2, 0) is 23.9 Å². The molecular formula is C28H44O5. The molecule has 10 unspecified atom stereocenters. The van der Waals surface area contributed by atoms with E-state index in [4.69, 9.17) is 9.47 Å². The molecule has 0 N–H and O–H groups in total. The molecule has 4 aliphatic carbocycles. The Labute approximate surface area is 199 Å². The third-order valence-electron chi connectivity index (χ3n) is 10.9. The Morgan fingerprint density at radius 2 is 1.70 bits per heavy atom. The first kappa shape index (κ1) is 24.7. The van der Waals surface area contributed by atoms with Crippen molar-refractivity contribution in [3.05, 3.63) is 0 Å². The van der Waals surface area contributed by atoms with Gasteiger partial charge in [0.2, 0.25) is 0 Å². The first-order valence-electron chi connectivity index (χ1n) is 13.3. The molecule has 0 aromatic rings. The van der Waals surface area contributed by atoms with E-state index >= 15 is 0 Å². The monoisotopic (exact) mass is 460 g/mol. The summed E-state index contributed by atoms with van der Waals surface area (Å²) in [6, 6.07) is 0. The van der Waals surface area contributed by atoms with Gasteiger partial charge in [-0.25, -0.2) is 0 Å². The fourth-order valence-corrected chi connectivity index (χ4v) is 9.42. The second kappa shape index (κ2) is 9.00. The number of rotatable bonds is 5. The van der Waals surface area contributed by atoms with Crippen LogP contribution in [0.2, 0.25) is 0 Å². The fourth-order valence-electron chi connectivity index (χ4n) is 9.42. The summed E-state index contributed by atoms with van der Waals surface area (Å²) in [6.07, 6.45) is 8.58. The lowest BCUT2D eigenvalue weighted by atomic mass is 9.42. The summed E-state index contributed by atoms with van der Waals surface area (Å²) in [5.41, 5.74) is 0.271. The van der Waals surface area contributed by atoms with Gasteiger partial charge >= 0.3 is 11.9 Å². The number of ketones is 1. The lowest BCUT2D eigenvalue weighted by Gasteiger charge is -2.62. The Bertz CT molecular complexity index is 791. The molecule has 4 saturated carbocycles. The minimum absolute atomic E-state index is 0.0390. The van der Waals surface area contributed by atoms with Crippen molar-refractivity contribution in [1.29, 1.82) is 0 Å². The zero-order valence-corrected chi connectivity index (χ0v) is 21.5. The van der Waals surface area contributed by atoms with Gasteiger partial charge in [0.1, 0.15) is 11.9 Å². The lowest BCUT2D eigenvalue weighted by molar-refractivity contribution is -0.178. The van der Waals surface area contributed by atoms with Crippen molar-refractivity contribution in [3.63, 3.8) is 0 Å². The van der Waals surface area contributed by atoms with Crippen LogP contribution in [0.3, 0.4) is 0 Å². The minimum Gasteiger partial charge on any atom is -0.469 e. The van der Waals surface area contributed by atoms with Crippen molar-refractivity contribution >= 4 is 17.7 Å². The highest BCUT2D eigenvalue weighted by atomic mass is 16.5. The minimum atomic E-state index is -0.205. The van der Waals surface area contributed by atoms with Crippen LogP contribution in [-0.4, -0.2) is 30.9 Å². The average molecular weight is 461 g/mol.